The summed E-state index contributed by atoms with van der Waals surface area (Å²) in [5.41, 5.74) is 3.17. The molecule has 0 aliphatic rings. The van der Waals surface area contributed by atoms with Gasteiger partial charge in [-0.1, -0.05) is 143 Å². The molecule has 0 spiro atoms. The zero-order chi connectivity index (χ0) is 24.5. The highest BCUT2D eigenvalue weighted by molar-refractivity contribution is 5.15. The Kier molecular flexibility index (Phi) is 21.9. The maximum atomic E-state index is 2.53. The molecule has 0 saturated carbocycles. The lowest BCUT2D eigenvalue weighted by Gasteiger charge is -2.07. The van der Waals surface area contributed by atoms with Crippen LogP contribution in [-0.2, 0) is 19.4 Å². The fourth-order valence-electron chi connectivity index (χ4n) is 5.15. The normalized spacial score (nSPS) is 11.4. The molecule has 0 aliphatic heterocycles. The van der Waals surface area contributed by atoms with E-state index in [0.717, 1.165) is 0 Å². The second-order valence-corrected chi connectivity index (χ2v) is 11.0. The van der Waals surface area contributed by atoms with E-state index < -0.39 is 0 Å². The van der Waals surface area contributed by atoms with Crippen molar-refractivity contribution < 1.29 is 4.57 Å². The fourth-order valence-corrected chi connectivity index (χ4v) is 5.15. The van der Waals surface area contributed by atoms with Gasteiger partial charge in [0.1, 0.15) is 6.54 Å². The molecule has 1 rings (SSSR count). The SMILES string of the molecule is CCCCCCCCCCCCc1cc(CCCCCCCCCCCC)c[n+](CCCC)c1. The lowest BCUT2D eigenvalue weighted by molar-refractivity contribution is -0.698. The molecular weight excluding hydrogens is 410 g/mol. The highest BCUT2D eigenvalue weighted by Gasteiger charge is 2.08. The van der Waals surface area contributed by atoms with E-state index in [9.17, 15) is 0 Å². The van der Waals surface area contributed by atoms with Crippen LogP contribution in [0.3, 0.4) is 0 Å². The van der Waals surface area contributed by atoms with Crippen molar-refractivity contribution in [2.75, 3.05) is 0 Å². The van der Waals surface area contributed by atoms with Crippen LogP contribution in [0.5, 0.6) is 0 Å². The molecule has 0 radical (unpaired) electrons. The molecule has 1 heterocycles. The Morgan fingerprint density at radius 1 is 0.412 bits per heavy atom. The minimum atomic E-state index is 1.19. The van der Waals surface area contributed by atoms with Crippen molar-refractivity contribution in [1.82, 2.24) is 0 Å². The smallest absolute Gasteiger partial charge is 0.171 e. The van der Waals surface area contributed by atoms with Crippen molar-refractivity contribution in [3.63, 3.8) is 0 Å². The minimum absolute atomic E-state index is 1.19. The lowest BCUT2D eigenvalue weighted by Crippen LogP contribution is -2.34. The van der Waals surface area contributed by atoms with Gasteiger partial charge in [0.05, 0.1) is 0 Å². The first-order chi connectivity index (χ1) is 16.8. The van der Waals surface area contributed by atoms with E-state index in [1.807, 2.05) is 0 Å². The summed E-state index contributed by atoms with van der Waals surface area (Å²) in [6.45, 7) is 8.10. The van der Waals surface area contributed by atoms with Crippen LogP contribution in [-0.4, -0.2) is 0 Å². The van der Waals surface area contributed by atoms with Crippen molar-refractivity contribution in [3.8, 4) is 0 Å². The molecule has 1 heteroatoms. The Balaban J connectivity index is 2.24. The van der Waals surface area contributed by atoms with Crippen LogP contribution >= 0.6 is 0 Å². The molecule has 0 saturated heterocycles. The molecular formula is C33H62N+. The second kappa shape index (κ2) is 23.9. The van der Waals surface area contributed by atoms with E-state index in [0.29, 0.717) is 0 Å². The molecule has 1 aromatic heterocycles. The van der Waals surface area contributed by atoms with Crippen molar-refractivity contribution in [1.29, 1.82) is 0 Å². The standard InChI is InChI=1S/C33H62N/c1-4-7-10-12-14-16-18-20-22-24-26-32-29-33(31-34(30-32)28-9-6-3)27-25-23-21-19-17-15-13-11-8-5-2/h29-31H,4-28H2,1-3H3/q+1. The van der Waals surface area contributed by atoms with Gasteiger partial charge in [0, 0.05) is 17.5 Å². The molecule has 1 aromatic rings. The predicted octanol–water partition coefficient (Wildman–Crippen LogP) is 10.7. The Bertz CT molecular complexity index is 507. The second-order valence-electron chi connectivity index (χ2n) is 11.0. The number of rotatable bonds is 25. The van der Waals surface area contributed by atoms with E-state index in [4.69, 9.17) is 0 Å². The average Bonchev–Trinajstić information content (AvgIpc) is 2.85. The summed E-state index contributed by atoms with van der Waals surface area (Å²) in [5, 5.41) is 0. The van der Waals surface area contributed by atoms with Gasteiger partial charge in [-0.2, -0.15) is 0 Å². The molecule has 0 atom stereocenters. The number of hydrogen-bond acceptors (Lipinski definition) is 0. The molecule has 0 aliphatic carbocycles. The highest BCUT2D eigenvalue weighted by Crippen LogP contribution is 2.15. The molecule has 198 valence electrons. The van der Waals surface area contributed by atoms with Crippen molar-refractivity contribution in [3.05, 3.63) is 29.6 Å². The average molecular weight is 473 g/mol. The zero-order valence-corrected chi connectivity index (χ0v) is 23.9. The van der Waals surface area contributed by atoms with Gasteiger partial charge in [-0.25, -0.2) is 4.57 Å². The van der Waals surface area contributed by atoms with Crippen LogP contribution in [0.1, 0.15) is 173 Å². The molecule has 0 bridgehead atoms. The van der Waals surface area contributed by atoms with Crippen LogP contribution < -0.4 is 4.57 Å². The molecule has 0 amide bonds. The largest absolute Gasteiger partial charge is 0.205 e. The van der Waals surface area contributed by atoms with Crippen molar-refractivity contribution >= 4 is 0 Å². The molecule has 0 unspecified atom stereocenters. The van der Waals surface area contributed by atoms with Gasteiger partial charge in [0.2, 0.25) is 0 Å². The number of pyridine rings is 1. The van der Waals surface area contributed by atoms with Gasteiger partial charge in [0.25, 0.3) is 0 Å². The van der Waals surface area contributed by atoms with E-state index in [2.05, 4.69) is 43.8 Å². The van der Waals surface area contributed by atoms with E-state index in [1.54, 1.807) is 11.1 Å². The Labute approximate surface area is 215 Å². The highest BCUT2D eigenvalue weighted by atomic mass is 14.9. The van der Waals surface area contributed by atoms with Crippen LogP contribution in [0.4, 0.5) is 0 Å². The third kappa shape index (κ3) is 18.5. The van der Waals surface area contributed by atoms with Gasteiger partial charge in [0.15, 0.2) is 12.4 Å². The third-order valence-electron chi connectivity index (χ3n) is 7.44. The first kappa shape index (κ1) is 31.2. The Morgan fingerprint density at radius 2 is 0.735 bits per heavy atom. The van der Waals surface area contributed by atoms with Crippen LogP contribution in [0.25, 0.3) is 0 Å². The van der Waals surface area contributed by atoms with Gasteiger partial charge in [-0.05, 0) is 31.7 Å². The van der Waals surface area contributed by atoms with Crippen molar-refractivity contribution in [2.45, 2.75) is 181 Å². The molecule has 34 heavy (non-hydrogen) atoms. The monoisotopic (exact) mass is 472 g/mol. The number of hydrogen-bond donors (Lipinski definition) is 0. The zero-order valence-electron chi connectivity index (χ0n) is 23.9. The lowest BCUT2D eigenvalue weighted by atomic mass is 10.0. The predicted molar refractivity (Wildman–Crippen MR) is 153 cm³/mol. The van der Waals surface area contributed by atoms with E-state index in [1.165, 1.54) is 161 Å². The summed E-state index contributed by atoms with van der Waals surface area (Å²) in [5.74, 6) is 0. The van der Waals surface area contributed by atoms with E-state index >= 15 is 0 Å². The summed E-state index contributed by atoms with van der Waals surface area (Å²) in [7, 11) is 0. The number of aryl methyl sites for hydroxylation is 3. The summed E-state index contributed by atoms with van der Waals surface area (Å²) < 4.78 is 2.50. The first-order valence-electron chi connectivity index (χ1n) is 15.8. The summed E-state index contributed by atoms with van der Waals surface area (Å²) in [6, 6.07) is 2.53. The maximum Gasteiger partial charge on any atom is 0.171 e. The first-order valence-corrected chi connectivity index (χ1v) is 15.8. The topological polar surface area (TPSA) is 3.88 Å². The molecule has 1 nitrogen and oxygen atoms in total. The third-order valence-corrected chi connectivity index (χ3v) is 7.44. The minimum Gasteiger partial charge on any atom is -0.205 e. The fraction of sp³-hybridized carbons (Fsp3) is 0.848. The van der Waals surface area contributed by atoms with Crippen LogP contribution in [0.15, 0.2) is 18.5 Å². The number of nitrogens with zero attached hydrogens (tertiary/aromatic N) is 1. The number of aromatic nitrogens is 1. The summed E-state index contributed by atoms with van der Waals surface area (Å²) in [6.07, 6.45) is 38.5. The summed E-state index contributed by atoms with van der Waals surface area (Å²) >= 11 is 0. The Morgan fingerprint density at radius 3 is 1.09 bits per heavy atom. The van der Waals surface area contributed by atoms with Crippen LogP contribution in [0.2, 0.25) is 0 Å². The van der Waals surface area contributed by atoms with Crippen molar-refractivity contribution in [2.24, 2.45) is 0 Å². The number of unbranched alkanes of at least 4 members (excludes halogenated alkanes) is 19. The van der Waals surface area contributed by atoms with Gasteiger partial charge in [-0.3, -0.25) is 0 Å². The van der Waals surface area contributed by atoms with E-state index in [-0.39, 0.29) is 0 Å². The Hall–Kier alpha value is -0.850. The summed E-state index contributed by atoms with van der Waals surface area (Å²) in [4.78, 5) is 0. The van der Waals surface area contributed by atoms with Crippen LogP contribution in [0, 0.1) is 0 Å². The maximum absolute atomic E-state index is 2.53. The van der Waals surface area contributed by atoms with Gasteiger partial charge >= 0.3 is 0 Å². The molecule has 0 aromatic carbocycles. The van der Waals surface area contributed by atoms with Gasteiger partial charge in [-0.15, -0.1) is 0 Å². The molecule has 0 fully saturated rings. The molecule has 0 N–H and O–H groups in total. The van der Waals surface area contributed by atoms with Gasteiger partial charge < -0.3 is 0 Å². The quantitative estimate of drug-likeness (QED) is 0.0983.